The minimum atomic E-state index is -0.458. The fourth-order valence-corrected chi connectivity index (χ4v) is 4.45. The highest BCUT2D eigenvalue weighted by Crippen LogP contribution is 2.33. The molecule has 1 atom stereocenters. The van der Waals surface area contributed by atoms with Crippen LogP contribution in [0.4, 0.5) is 0 Å². The molecule has 0 spiro atoms. The molecule has 40 heavy (non-hydrogen) atoms. The second kappa shape index (κ2) is 12.1. The number of carbonyl (C=O) groups excluding carboxylic acids is 2. The summed E-state index contributed by atoms with van der Waals surface area (Å²) in [6.45, 7) is 2.08. The Morgan fingerprint density at radius 2 is 0.975 bits per heavy atom. The fourth-order valence-electron chi connectivity index (χ4n) is 4.45. The molecule has 0 bridgehead atoms. The molecule has 0 aliphatic heterocycles. The van der Waals surface area contributed by atoms with Gasteiger partial charge in [0, 0.05) is 5.92 Å². The summed E-state index contributed by atoms with van der Waals surface area (Å²) in [6.07, 6.45) is 0. The van der Waals surface area contributed by atoms with Crippen molar-refractivity contribution in [3.8, 4) is 17.2 Å². The van der Waals surface area contributed by atoms with E-state index in [4.69, 9.17) is 14.2 Å². The zero-order valence-corrected chi connectivity index (χ0v) is 22.2. The van der Waals surface area contributed by atoms with Crippen LogP contribution in [0.15, 0.2) is 127 Å². The molecule has 0 aromatic heterocycles. The predicted octanol–water partition coefficient (Wildman–Crippen LogP) is 7.97. The van der Waals surface area contributed by atoms with Crippen molar-refractivity contribution in [2.45, 2.75) is 12.8 Å². The van der Waals surface area contributed by atoms with Crippen LogP contribution in [0.2, 0.25) is 0 Å². The van der Waals surface area contributed by atoms with E-state index in [-0.39, 0.29) is 5.92 Å². The topological polar surface area (TPSA) is 61.8 Å². The quantitative estimate of drug-likeness (QED) is 0.116. The highest BCUT2D eigenvalue weighted by atomic mass is 16.5. The normalized spacial score (nSPS) is 11.3. The Morgan fingerprint density at radius 3 is 1.50 bits per heavy atom. The van der Waals surface area contributed by atoms with Crippen molar-refractivity contribution in [1.82, 2.24) is 0 Å². The van der Waals surface area contributed by atoms with Crippen molar-refractivity contribution >= 4 is 11.9 Å². The molecule has 5 rings (SSSR count). The SMILES string of the molecule is COC(=O)c1ccc(Oc2ccc(C(=O)Oc3ccc(C(c4ccccc4)c4ccc(C)cc4)cc3)cc2)cc1. The molecule has 5 heteroatoms. The molecule has 0 aliphatic rings. The summed E-state index contributed by atoms with van der Waals surface area (Å²) in [5.74, 6) is 0.773. The lowest BCUT2D eigenvalue weighted by atomic mass is 9.85. The van der Waals surface area contributed by atoms with Crippen molar-refractivity contribution in [2.24, 2.45) is 0 Å². The number of hydrogen-bond acceptors (Lipinski definition) is 5. The summed E-state index contributed by atoms with van der Waals surface area (Å²) in [7, 11) is 1.34. The van der Waals surface area contributed by atoms with Crippen molar-refractivity contribution in [2.75, 3.05) is 7.11 Å². The zero-order valence-electron chi connectivity index (χ0n) is 22.2. The van der Waals surface area contributed by atoms with Crippen LogP contribution in [0.5, 0.6) is 17.2 Å². The maximum absolute atomic E-state index is 12.8. The first-order valence-electron chi connectivity index (χ1n) is 12.9. The van der Waals surface area contributed by atoms with E-state index in [1.54, 1.807) is 48.5 Å². The molecule has 5 aromatic carbocycles. The lowest BCUT2D eigenvalue weighted by Gasteiger charge is -2.19. The van der Waals surface area contributed by atoms with Crippen LogP contribution in [-0.4, -0.2) is 19.0 Å². The van der Waals surface area contributed by atoms with Crippen LogP contribution in [0.1, 0.15) is 48.9 Å². The largest absolute Gasteiger partial charge is 0.465 e. The monoisotopic (exact) mass is 528 g/mol. The lowest BCUT2D eigenvalue weighted by molar-refractivity contribution is 0.0600. The van der Waals surface area contributed by atoms with Crippen LogP contribution in [0.25, 0.3) is 0 Å². The van der Waals surface area contributed by atoms with Crippen LogP contribution in [0, 0.1) is 6.92 Å². The first kappa shape index (κ1) is 26.4. The summed E-state index contributed by atoms with van der Waals surface area (Å²) in [4.78, 5) is 24.4. The average molecular weight is 529 g/mol. The maximum atomic E-state index is 12.8. The third-order valence-corrected chi connectivity index (χ3v) is 6.57. The van der Waals surface area contributed by atoms with Crippen molar-refractivity contribution in [3.63, 3.8) is 0 Å². The van der Waals surface area contributed by atoms with Gasteiger partial charge in [0.15, 0.2) is 0 Å². The van der Waals surface area contributed by atoms with E-state index in [9.17, 15) is 9.59 Å². The predicted molar refractivity (Wildman–Crippen MR) is 154 cm³/mol. The second-order valence-electron chi connectivity index (χ2n) is 9.36. The number of methoxy groups -OCH3 is 1. The van der Waals surface area contributed by atoms with E-state index in [0.29, 0.717) is 28.4 Å². The van der Waals surface area contributed by atoms with Gasteiger partial charge in [0.25, 0.3) is 0 Å². The first-order chi connectivity index (χ1) is 19.5. The smallest absolute Gasteiger partial charge is 0.343 e. The lowest BCUT2D eigenvalue weighted by Crippen LogP contribution is -2.09. The summed E-state index contributed by atoms with van der Waals surface area (Å²) >= 11 is 0. The first-order valence-corrected chi connectivity index (χ1v) is 12.9. The molecular formula is C35H28O5. The van der Waals surface area contributed by atoms with Crippen molar-refractivity contribution < 1.29 is 23.8 Å². The van der Waals surface area contributed by atoms with E-state index < -0.39 is 11.9 Å². The fraction of sp³-hybridized carbons (Fsp3) is 0.0857. The molecular weight excluding hydrogens is 500 g/mol. The minimum absolute atomic E-state index is 0.0655. The third-order valence-electron chi connectivity index (χ3n) is 6.57. The summed E-state index contributed by atoms with van der Waals surface area (Å²) in [6, 6.07) is 39.9. The van der Waals surface area contributed by atoms with Gasteiger partial charge >= 0.3 is 11.9 Å². The van der Waals surface area contributed by atoms with Crippen molar-refractivity contribution in [3.05, 3.63) is 161 Å². The van der Waals surface area contributed by atoms with Gasteiger partial charge < -0.3 is 14.2 Å². The Bertz CT molecular complexity index is 1570. The Hall–Kier alpha value is -5.16. The van der Waals surface area contributed by atoms with E-state index in [1.807, 2.05) is 42.5 Å². The van der Waals surface area contributed by atoms with Crippen LogP contribution < -0.4 is 9.47 Å². The number of ether oxygens (including phenoxy) is 3. The van der Waals surface area contributed by atoms with Gasteiger partial charge in [0.1, 0.15) is 17.2 Å². The Morgan fingerprint density at radius 1 is 0.525 bits per heavy atom. The van der Waals surface area contributed by atoms with Crippen molar-refractivity contribution in [1.29, 1.82) is 0 Å². The highest BCUT2D eigenvalue weighted by molar-refractivity contribution is 5.91. The number of hydrogen-bond donors (Lipinski definition) is 0. The van der Waals surface area contributed by atoms with Gasteiger partial charge in [0.05, 0.1) is 18.2 Å². The number of aryl methyl sites for hydroxylation is 1. The van der Waals surface area contributed by atoms with E-state index >= 15 is 0 Å². The van der Waals surface area contributed by atoms with Gasteiger partial charge in [-0.15, -0.1) is 0 Å². The van der Waals surface area contributed by atoms with E-state index in [2.05, 4.69) is 43.3 Å². The molecule has 5 aromatic rings. The molecule has 0 amide bonds. The average Bonchev–Trinajstić information content (AvgIpc) is 3.00. The van der Waals surface area contributed by atoms with Gasteiger partial charge in [0.2, 0.25) is 0 Å². The highest BCUT2D eigenvalue weighted by Gasteiger charge is 2.17. The molecule has 0 fully saturated rings. The molecule has 5 nitrogen and oxygen atoms in total. The zero-order chi connectivity index (χ0) is 27.9. The van der Waals surface area contributed by atoms with Gasteiger partial charge in [-0.05, 0) is 84.3 Å². The Labute approximate surface area is 233 Å². The second-order valence-corrected chi connectivity index (χ2v) is 9.36. The molecule has 0 N–H and O–H groups in total. The number of carbonyl (C=O) groups is 2. The number of esters is 2. The van der Waals surface area contributed by atoms with E-state index in [0.717, 1.165) is 5.56 Å². The molecule has 0 saturated heterocycles. The Balaban J connectivity index is 1.26. The summed E-state index contributed by atoms with van der Waals surface area (Å²) in [5.41, 5.74) is 5.55. The van der Waals surface area contributed by atoms with Crippen LogP contribution >= 0.6 is 0 Å². The molecule has 0 radical (unpaired) electrons. The van der Waals surface area contributed by atoms with Gasteiger partial charge in [-0.1, -0.05) is 72.3 Å². The molecule has 0 heterocycles. The van der Waals surface area contributed by atoms with E-state index in [1.165, 1.54) is 23.8 Å². The molecule has 198 valence electrons. The summed E-state index contributed by atoms with van der Waals surface area (Å²) < 4.78 is 16.2. The van der Waals surface area contributed by atoms with Gasteiger partial charge in [-0.3, -0.25) is 0 Å². The number of benzene rings is 5. The Kier molecular flexibility index (Phi) is 8.02. The number of rotatable bonds is 8. The van der Waals surface area contributed by atoms with Gasteiger partial charge in [-0.25, -0.2) is 9.59 Å². The van der Waals surface area contributed by atoms with Crippen LogP contribution in [-0.2, 0) is 4.74 Å². The summed E-state index contributed by atoms with van der Waals surface area (Å²) in [5, 5.41) is 0. The third kappa shape index (κ3) is 6.27. The minimum Gasteiger partial charge on any atom is -0.465 e. The molecule has 0 saturated carbocycles. The van der Waals surface area contributed by atoms with Crippen LogP contribution in [0.3, 0.4) is 0 Å². The molecule has 1 unspecified atom stereocenters. The molecule has 0 aliphatic carbocycles. The van der Waals surface area contributed by atoms with Gasteiger partial charge in [-0.2, -0.15) is 0 Å². The maximum Gasteiger partial charge on any atom is 0.343 e. The standard InChI is InChI=1S/C35H28O5/c1-24-8-10-26(11-9-24)33(25-6-4-3-5-7-25)27-12-18-32(19-13-27)40-35(37)29-16-22-31(23-17-29)39-30-20-14-28(15-21-30)34(36)38-2/h3-23,33H,1-2H3.